The van der Waals surface area contributed by atoms with Crippen molar-refractivity contribution in [1.82, 2.24) is 0 Å². The van der Waals surface area contributed by atoms with E-state index in [1.54, 1.807) is 0 Å². The molecule has 0 radical (unpaired) electrons. The zero-order chi connectivity index (χ0) is 66.1. The van der Waals surface area contributed by atoms with E-state index < -0.39 is 24.3 Å². The molecule has 2 atom stereocenters. The molecule has 0 aliphatic rings. The first-order valence-electron chi connectivity index (χ1n) is 38.1. The molecular weight excluding hydrogens is 1130 g/mol. The van der Waals surface area contributed by atoms with Crippen molar-refractivity contribution in [3.8, 4) is 0 Å². The molecule has 9 heteroatoms. The third kappa shape index (κ3) is 73.2. The summed E-state index contributed by atoms with van der Waals surface area (Å²) >= 11 is 0. The number of hydrogen-bond donors (Lipinski definition) is 1. The van der Waals surface area contributed by atoms with Crippen molar-refractivity contribution in [3.05, 3.63) is 109 Å². The van der Waals surface area contributed by atoms with E-state index in [1.807, 2.05) is 21.1 Å². The molecule has 0 aliphatic heterocycles. The molecule has 0 aliphatic carbocycles. The van der Waals surface area contributed by atoms with Crippen molar-refractivity contribution in [1.29, 1.82) is 0 Å². The van der Waals surface area contributed by atoms with Gasteiger partial charge in [-0.3, -0.25) is 9.59 Å². The first kappa shape index (κ1) is 87.0. The van der Waals surface area contributed by atoms with Crippen LogP contribution >= 0.6 is 0 Å². The number of unbranched alkanes of at least 4 members (excludes halogenated alkanes) is 37. The number of carbonyl (C=O) groups excluding carboxylic acids is 2. The molecule has 0 aromatic rings. The maximum atomic E-state index is 13.0. The quantitative estimate of drug-likeness (QED) is 0.0211. The van der Waals surface area contributed by atoms with E-state index in [0.29, 0.717) is 17.4 Å². The highest BCUT2D eigenvalue weighted by atomic mass is 16.7. The molecule has 2 unspecified atom stereocenters. The van der Waals surface area contributed by atoms with Crippen LogP contribution in [-0.2, 0) is 33.3 Å². The molecule has 524 valence electrons. The number of nitrogens with zero attached hydrogens (tertiary/aromatic N) is 1. The molecule has 0 heterocycles. The van der Waals surface area contributed by atoms with Gasteiger partial charge in [0.2, 0.25) is 0 Å². The Labute approximate surface area is 562 Å². The molecule has 0 amide bonds. The molecule has 0 aromatic heterocycles. The molecule has 0 saturated heterocycles. The van der Waals surface area contributed by atoms with Gasteiger partial charge in [-0.05, 0) is 96.3 Å². The number of carboxylic acid groups (broad SMARTS) is 1. The van der Waals surface area contributed by atoms with Gasteiger partial charge in [0.15, 0.2) is 6.10 Å². The minimum Gasteiger partial charge on any atom is -0.477 e. The van der Waals surface area contributed by atoms with Crippen LogP contribution in [0.15, 0.2) is 109 Å². The second-order valence-corrected chi connectivity index (χ2v) is 26.6. The lowest BCUT2D eigenvalue weighted by atomic mass is 10.0. The molecule has 91 heavy (non-hydrogen) atoms. The van der Waals surface area contributed by atoms with Gasteiger partial charge in [0.05, 0.1) is 34.4 Å². The van der Waals surface area contributed by atoms with Gasteiger partial charge in [-0.15, -0.1) is 0 Å². The fraction of sp³-hybridized carbons (Fsp3) is 0.744. The molecular formula is C82H144NO8+. The van der Waals surface area contributed by atoms with Gasteiger partial charge in [-0.25, -0.2) is 4.79 Å². The Morgan fingerprint density at radius 3 is 0.879 bits per heavy atom. The van der Waals surface area contributed by atoms with Crippen molar-refractivity contribution >= 4 is 17.9 Å². The minimum atomic E-state index is -1.51. The number of quaternary nitrogens is 1. The smallest absolute Gasteiger partial charge is 0.361 e. The largest absolute Gasteiger partial charge is 0.477 e. The summed E-state index contributed by atoms with van der Waals surface area (Å²) in [5, 5.41) is 9.76. The highest BCUT2D eigenvalue weighted by Gasteiger charge is 2.25. The van der Waals surface area contributed by atoms with E-state index in [2.05, 4.69) is 123 Å². The van der Waals surface area contributed by atoms with Crippen LogP contribution in [0.4, 0.5) is 0 Å². The summed E-state index contributed by atoms with van der Waals surface area (Å²) in [6.07, 6.45) is 98.0. The summed E-state index contributed by atoms with van der Waals surface area (Å²) in [5.41, 5.74) is 0. The van der Waals surface area contributed by atoms with Crippen molar-refractivity contribution in [2.24, 2.45) is 0 Å². The van der Waals surface area contributed by atoms with Gasteiger partial charge >= 0.3 is 17.9 Å². The molecule has 0 saturated carbocycles. The van der Waals surface area contributed by atoms with Crippen LogP contribution in [0.25, 0.3) is 0 Å². The Hall–Kier alpha value is -4.05. The number of aliphatic carboxylic acids is 1. The first-order chi connectivity index (χ1) is 44.6. The highest BCUT2D eigenvalue weighted by molar-refractivity contribution is 5.71. The monoisotopic (exact) mass is 1270 g/mol. The fourth-order valence-electron chi connectivity index (χ4n) is 10.8. The van der Waals surface area contributed by atoms with Crippen LogP contribution in [0.1, 0.15) is 335 Å². The molecule has 0 fully saturated rings. The summed E-state index contributed by atoms with van der Waals surface area (Å²) < 4.78 is 23.0. The Kier molecular flexibility index (Phi) is 68.6. The second-order valence-electron chi connectivity index (χ2n) is 26.6. The number of rotatable bonds is 70. The van der Waals surface area contributed by atoms with E-state index in [-0.39, 0.29) is 32.2 Å². The van der Waals surface area contributed by atoms with E-state index in [4.69, 9.17) is 18.9 Å². The molecule has 1 N–H and O–H groups in total. The third-order valence-corrected chi connectivity index (χ3v) is 16.5. The van der Waals surface area contributed by atoms with Crippen LogP contribution in [-0.4, -0.2) is 87.4 Å². The number of esters is 2. The van der Waals surface area contributed by atoms with Gasteiger partial charge < -0.3 is 28.5 Å². The van der Waals surface area contributed by atoms with E-state index in [0.717, 1.165) is 96.3 Å². The average Bonchev–Trinajstić information content (AvgIpc) is 3.46. The summed E-state index contributed by atoms with van der Waals surface area (Å²) in [6.45, 7) is 4.69. The number of likely N-dealkylation sites (N-methyl/N-ethyl adjacent to an activating group) is 1. The van der Waals surface area contributed by atoms with E-state index in [9.17, 15) is 19.5 Å². The van der Waals surface area contributed by atoms with Crippen LogP contribution in [0.5, 0.6) is 0 Å². The number of carboxylic acids is 1. The minimum absolute atomic E-state index is 0.182. The molecule has 0 bridgehead atoms. The lowest BCUT2D eigenvalue weighted by Gasteiger charge is -2.25. The summed E-state index contributed by atoms with van der Waals surface area (Å²) in [6, 6.07) is 0. The number of allylic oxidation sites excluding steroid dienone is 18. The number of carbonyl (C=O) groups is 3. The molecule has 0 aromatic carbocycles. The second kappa shape index (κ2) is 71.8. The van der Waals surface area contributed by atoms with Gasteiger partial charge in [-0.1, -0.05) is 335 Å². The Morgan fingerprint density at radius 1 is 0.330 bits per heavy atom. The molecule has 0 spiro atoms. The highest BCUT2D eigenvalue weighted by Crippen LogP contribution is 2.19. The van der Waals surface area contributed by atoms with Gasteiger partial charge in [0.1, 0.15) is 13.2 Å². The van der Waals surface area contributed by atoms with Crippen LogP contribution in [0, 0.1) is 0 Å². The lowest BCUT2D eigenvalue weighted by molar-refractivity contribution is -0.870. The predicted molar refractivity (Wildman–Crippen MR) is 392 cm³/mol. The van der Waals surface area contributed by atoms with Crippen molar-refractivity contribution < 1.29 is 42.9 Å². The van der Waals surface area contributed by atoms with Crippen molar-refractivity contribution in [3.63, 3.8) is 0 Å². The summed E-state index contributed by atoms with van der Waals surface area (Å²) in [4.78, 5) is 37.7. The predicted octanol–water partition coefficient (Wildman–Crippen LogP) is 24.1. The van der Waals surface area contributed by atoms with Crippen molar-refractivity contribution in [2.75, 3.05) is 47.5 Å². The summed E-state index contributed by atoms with van der Waals surface area (Å²) in [5.74, 6) is -1.99. The van der Waals surface area contributed by atoms with Crippen molar-refractivity contribution in [2.45, 2.75) is 347 Å². The fourth-order valence-corrected chi connectivity index (χ4v) is 10.8. The maximum Gasteiger partial charge on any atom is 0.361 e. The molecule has 9 nitrogen and oxygen atoms in total. The number of ether oxygens (including phenoxy) is 4. The topological polar surface area (TPSA) is 108 Å². The zero-order valence-corrected chi connectivity index (χ0v) is 60.0. The SMILES string of the molecule is CC/C=C\C/C=C\C/C=C\C/C=C\C/C=C\CCCCCCCCCCCCCCCCCCCCCCCCCC(=O)OC(COC(=O)CCCCCCCCCCCCCCCC/C=C\C/C=C\C/C=C\C/C=C\CC)COC(OCC[N+](C)(C)C)C(=O)O. The zero-order valence-electron chi connectivity index (χ0n) is 60.0. The van der Waals surface area contributed by atoms with Crippen LogP contribution in [0.2, 0.25) is 0 Å². The van der Waals surface area contributed by atoms with Crippen LogP contribution in [0.3, 0.4) is 0 Å². The standard InChI is InChI=1S/C82H143NO8/c1-6-8-10-12-14-16-18-20-22-24-26-28-30-32-34-35-36-37-38-39-40-41-42-43-44-45-47-49-51-53-55-57-59-61-63-65-67-69-71-73-80(85)91-78(77-90-82(81(86)87)88-75-74-83(3,4)5)76-89-79(84)72-70-68-66-64-62-60-58-56-54-52-50-48-46-33-31-29-27-25-23-21-19-17-15-13-11-9-7-2/h8-11,14-17,20-23,26-29,32,34,78,82H,6-7,12-13,18-19,24-25,30-31,33,35-77H2,1-5H3/p+1/b10-8-,11-9-,16-14-,17-15-,22-20-,23-21-,28-26-,29-27-,34-32-. The van der Waals surface area contributed by atoms with E-state index in [1.165, 1.54) is 212 Å². The maximum absolute atomic E-state index is 13.0. The number of hydrogen-bond acceptors (Lipinski definition) is 7. The average molecular weight is 1270 g/mol. The normalized spacial score (nSPS) is 13.3. The van der Waals surface area contributed by atoms with Gasteiger partial charge in [0, 0.05) is 12.8 Å². The summed E-state index contributed by atoms with van der Waals surface area (Å²) in [7, 11) is 5.99. The van der Waals surface area contributed by atoms with Gasteiger partial charge in [-0.2, -0.15) is 0 Å². The lowest BCUT2D eigenvalue weighted by Crippen LogP contribution is -2.40. The molecule has 0 rings (SSSR count). The van der Waals surface area contributed by atoms with Gasteiger partial charge in [0.25, 0.3) is 6.29 Å². The Bertz CT molecular complexity index is 1870. The first-order valence-corrected chi connectivity index (χ1v) is 38.1. The van der Waals surface area contributed by atoms with Crippen LogP contribution < -0.4 is 0 Å². The third-order valence-electron chi connectivity index (χ3n) is 16.5. The Morgan fingerprint density at radius 2 is 0.593 bits per heavy atom. The Balaban J connectivity index is 4.01. The van der Waals surface area contributed by atoms with E-state index >= 15 is 0 Å².